The fourth-order valence-corrected chi connectivity index (χ4v) is 3.38. The van der Waals surface area contributed by atoms with E-state index in [0.29, 0.717) is 0 Å². The number of aromatic nitrogens is 3. The Kier molecular flexibility index (Phi) is 4.74. The molecule has 0 fully saturated rings. The van der Waals surface area contributed by atoms with Crippen molar-refractivity contribution in [2.45, 2.75) is 6.18 Å². The van der Waals surface area contributed by atoms with Crippen LogP contribution in [0.1, 0.15) is 5.69 Å². The number of nitrogens with one attached hydrogen (secondary N) is 1. The van der Waals surface area contributed by atoms with Gasteiger partial charge in [-0.15, -0.1) is 0 Å². The van der Waals surface area contributed by atoms with Gasteiger partial charge in [0.15, 0.2) is 5.69 Å². The molecule has 0 saturated heterocycles. The lowest BCUT2D eigenvalue weighted by Crippen LogP contribution is -2.10. The predicted octanol–water partition coefficient (Wildman–Crippen LogP) is 5.53. The monoisotopic (exact) mass is 457 g/mol. The number of aromatic amines is 1. The molecule has 0 spiro atoms. The van der Waals surface area contributed by atoms with E-state index in [1.54, 1.807) is 0 Å². The molecular formula is C19H9Cl2F4N3O2. The summed E-state index contributed by atoms with van der Waals surface area (Å²) >= 11 is 11.8. The summed E-state index contributed by atoms with van der Waals surface area (Å²) in [4.78, 5) is 14.6. The van der Waals surface area contributed by atoms with Gasteiger partial charge in [-0.3, -0.25) is 4.79 Å². The number of phenols is 1. The van der Waals surface area contributed by atoms with Crippen LogP contribution in [0.3, 0.4) is 0 Å². The Labute approximate surface area is 175 Å². The Balaban J connectivity index is 2.13. The molecule has 0 aliphatic rings. The number of alkyl halides is 3. The first-order valence-corrected chi connectivity index (χ1v) is 8.99. The Hall–Kier alpha value is -3.04. The van der Waals surface area contributed by atoms with E-state index in [9.17, 15) is 27.5 Å². The quantitative estimate of drug-likeness (QED) is 0.389. The van der Waals surface area contributed by atoms with E-state index in [4.69, 9.17) is 23.2 Å². The number of aromatic hydroxyl groups is 1. The van der Waals surface area contributed by atoms with Crippen LogP contribution in [-0.2, 0) is 6.18 Å². The average Bonchev–Trinajstić information content (AvgIpc) is 3.03. The molecule has 2 aromatic carbocycles. The van der Waals surface area contributed by atoms with Crippen LogP contribution in [0.5, 0.6) is 5.75 Å². The van der Waals surface area contributed by atoms with Crippen LogP contribution in [0.4, 0.5) is 17.6 Å². The summed E-state index contributed by atoms with van der Waals surface area (Å²) in [6, 6.07) is 7.69. The number of hydrogen-bond donors (Lipinski definition) is 2. The summed E-state index contributed by atoms with van der Waals surface area (Å²) < 4.78 is 55.6. The van der Waals surface area contributed by atoms with Crippen LogP contribution < -0.4 is 5.56 Å². The van der Waals surface area contributed by atoms with Gasteiger partial charge in [-0.25, -0.2) is 8.91 Å². The van der Waals surface area contributed by atoms with Gasteiger partial charge in [-0.1, -0.05) is 29.3 Å². The lowest BCUT2D eigenvalue weighted by atomic mass is 10.1. The highest BCUT2D eigenvalue weighted by Crippen LogP contribution is 2.41. The van der Waals surface area contributed by atoms with Crippen molar-refractivity contribution >= 4 is 28.8 Å². The Morgan fingerprint density at radius 2 is 1.77 bits per heavy atom. The topological polar surface area (TPSA) is 70.4 Å². The number of rotatable bonds is 2. The molecule has 0 aliphatic heterocycles. The highest BCUT2D eigenvalue weighted by molar-refractivity contribution is 6.42. The normalized spacial score (nSPS) is 11.9. The predicted molar refractivity (Wildman–Crippen MR) is 103 cm³/mol. The first kappa shape index (κ1) is 20.2. The maximum Gasteiger partial charge on any atom is 0.435 e. The second-order valence-electron chi connectivity index (χ2n) is 6.29. The van der Waals surface area contributed by atoms with Crippen LogP contribution in [0, 0.1) is 5.82 Å². The maximum atomic E-state index is 13.8. The maximum absolute atomic E-state index is 13.8. The molecule has 0 unspecified atom stereocenters. The van der Waals surface area contributed by atoms with E-state index in [1.165, 1.54) is 18.2 Å². The molecule has 4 rings (SSSR count). The minimum absolute atomic E-state index is 0.0105. The van der Waals surface area contributed by atoms with Crippen molar-refractivity contribution < 1.29 is 22.7 Å². The third-order valence-corrected chi connectivity index (χ3v) is 5.07. The van der Waals surface area contributed by atoms with Crippen LogP contribution in [0.15, 0.2) is 47.3 Å². The van der Waals surface area contributed by atoms with Gasteiger partial charge in [-0.05, 0) is 29.8 Å². The molecule has 0 atom stereocenters. The van der Waals surface area contributed by atoms with Crippen molar-refractivity contribution in [2.24, 2.45) is 0 Å². The van der Waals surface area contributed by atoms with E-state index >= 15 is 0 Å². The van der Waals surface area contributed by atoms with E-state index < -0.39 is 34.6 Å². The van der Waals surface area contributed by atoms with E-state index in [0.717, 1.165) is 28.8 Å². The van der Waals surface area contributed by atoms with E-state index in [1.807, 2.05) is 0 Å². The molecule has 0 radical (unpaired) electrons. The van der Waals surface area contributed by atoms with Crippen LogP contribution in [0.2, 0.25) is 10.0 Å². The molecule has 2 N–H and O–H groups in total. The van der Waals surface area contributed by atoms with Gasteiger partial charge in [0.2, 0.25) is 0 Å². The average molecular weight is 458 g/mol. The Morgan fingerprint density at radius 3 is 2.40 bits per heavy atom. The van der Waals surface area contributed by atoms with Crippen molar-refractivity contribution in [3.05, 3.63) is 74.4 Å². The zero-order valence-electron chi connectivity index (χ0n) is 14.6. The van der Waals surface area contributed by atoms with Gasteiger partial charge in [0.25, 0.3) is 5.56 Å². The standard InChI is InChI=1S/C19H9Cl2F4N3O2/c20-11-4-1-8(5-12(11)21)16-17(19(23,24)25)27-28-13(7-15(30)26-18(16)28)10-3-2-9(22)6-14(10)29/h1-7,29H,(H,26,30). The number of fused-ring (bicyclic) bond motifs is 1. The highest BCUT2D eigenvalue weighted by atomic mass is 35.5. The second-order valence-corrected chi connectivity index (χ2v) is 7.11. The molecule has 30 heavy (non-hydrogen) atoms. The van der Waals surface area contributed by atoms with Gasteiger partial charge in [0, 0.05) is 17.7 Å². The number of phenolic OH excluding ortho intramolecular Hbond substituents is 1. The summed E-state index contributed by atoms with van der Waals surface area (Å²) in [6.07, 6.45) is -4.88. The van der Waals surface area contributed by atoms with Crippen molar-refractivity contribution in [3.8, 4) is 28.1 Å². The number of hydrogen-bond acceptors (Lipinski definition) is 3. The molecule has 2 aromatic heterocycles. The third-order valence-electron chi connectivity index (χ3n) is 4.34. The van der Waals surface area contributed by atoms with Gasteiger partial charge in [0.05, 0.1) is 21.3 Å². The third kappa shape index (κ3) is 3.40. The molecule has 11 heteroatoms. The van der Waals surface area contributed by atoms with Crippen molar-refractivity contribution in [1.29, 1.82) is 0 Å². The summed E-state index contributed by atoms with van der Waals surface area (Å²) in [6.45, 7) is 0. The van der Waals surface area contributed by atoms with E-state index in [2.05, 4.69) is 10.1 Å². The number of halogens is 6. The summed E-state index contributed by atoms with van der Waals surface area (Å²) in [5.74, 6) is -1.33. The molecule has 5 nitrogen and oxygen atoms in total. The molecule has 0 bridgehead atoms. The van der Waals surface area contributed by atoms with Gasteiger partial charge < -0.3 is 10.1 Å². The SMILES string of the molecule is O=c1cc(-c2ccc(F)cc2O)n2nc(C(F)(F)F)c(-c3ccc(Cl)c(Cl)c3)c2[nH]1. The van der Waals surface area contributed by atoms with Crippen molar-refractivity contribution in [2.75, 3.05) is 0 Å². The first-order chi connectivity index (χ1) is 14.1. The molecule has 2 heterocycles. The fourth-order valence-electron chi connectivity index (χ4n) is 3.08. The molecule has 0 amide bonds. The lowest BCUT2D eigenvalue weighted by molar-refractivity contribution is -0.140. The zero-order chi connectivity index (χ0) is 21.8. The zero-order valence-corrected chi connectivity index (χ0v) is 16.1. The summed E-state index contributed by atoms with van der Waals surface area (Å²) in [5, 5.41) is 13.8. The Morgan fingerprint density at radius 1 is 1.03 bits per heavy atom. The van der Waals surface area contributed by atoms with Gasteiger partial charge in [0.1, 0.15) is 17.2 Å². The van der Waals surface area contributed by atoms with Crippen LogP contribution in [0.25, 0.3) is 28.0 Å². The number of benzene rings is 2. The van der Waals surface area contributed by atoms with Crippen molar-refractivity contribution in [3.63, 3.8) is 0 Å². The largest absolute Gasteiger partial charge is 0.507 e. The fraction of sp³-hybridized carbons (Fsp3) is 0.0526. The number of nitrogens with zero attached hydrogens (tertiary/aromatic N) is 2. The molecule has 0 saturated carbocycles. The molecule has 4 aromatic rings. The molecule has 154 valence electrons. The number of H-pyrrole nitrogens is 1. The molecule has 0 aliphatic carbocycles. The minimum atomic E-state index is -4.88. The Bertz CT molecular complexity index is 1360. The van der Waals surface area contributed by atoms with Crippen molar-refractivity contribution in [1.82, 2.24) is 14.6 Å². The van der Waals surface area contributed by atoms with Gasteiger partial charge in [-0.2, -0.15) is 18.3 Å². The van der Waals surface area contributed by atoms with Crippen LogP contribution in [-0.4, -0.2) is 19.7 Å². The summed E-state index contributed by atoms with van der Waals surface area (Å²) in [5.41, 5.74) is -2.98. The first-order valence-electron chi connectivity index (χ1n) is 8.24. The molecular weight excluding hydrogens is 449 g/mol. The second kappa shape index (κ2) is 7.03. The highest BCUT2D eigenvalue weighted by Gasteiger charge is 2.39. The lowest BCUT2D eigenvalue weighted by Gasteiger charge is -2.08. The summed E-state index contributed by atoms with van der Waals surface area (Å²) in [7, 11) is 0. The van der Waals surface area contributed by atoms with E-state index in [-0.39, 0.29) is 32.5 Å². The van der Waals surface area contributed by atoms with Crippen LogP contribution >= 0.6 is 23.2 Å². The van der Waals surface area contributed by atoms with Gasteiger partial charge >= 0.3 is 6.18 Å². The minimum Gasteiger partial charge on any atom is -0.507 e. The smallest absolute Gasteiger partial charge is 0.435 e.